The van der Waals surface area contributed by atoms with E-state index in [2.05, 4.69) is 5.32 Å². The van der Waals surface area contributed by atoms with Crippen LogP contribution in [0.2, 0.25) is 0 Å². The molecule has 1 atom stereocenters. The largest absolute Gasteiger partial charge is 0.493 e. The smallest absolute Gasteiger partial charge is 0.251 e. The number of rotatable bonds is 4. The molecule has 1 N–H and O–H groups in total. The number of carbonyl (C=O) groups excluding carboxylic acids is 1. The number of carbonyl (C=O) groups is 1. The number of benzene rings is 2. The van der Waals surface area contributed by atoms with Crippen molar-refractivity contribution in [3.8, 4) is 5.75 Å². The minimum absolute atomic E-state index is 0.157. The molecule has 2 aromatic rings. The average Bonchev–Trinajstić information content (AvgIpc) is 2.63. The number of ether oxygens (including phenoxy) is 1. The van der Waals surface area contributed by atoms with Gasteiger partial charge in [-0.05, 0) is 43.2 Å². The summed E-state index contributed by atoms with van der Waals surface area (Å²) in [5.74, 6) is 0.472. The molecule has 0 bridgehead atoms. The summed E-state index contributed by atoms with van der Waals surface area (Å²) in [7, 11) is -0.671. The van der Waals surface area contributed by atoms with E-state index in [1.165, 1.54) is 20.2 Å². The van der Waals surface area contributed by atoms with E-state index in [1.54, 1.807) is 13.0 Å². The lowest BCUT2D eigenvalue weighted by Gasteiger charge is -2.27. The number of para-hydroxylation sites is 1. The first kappa shape index (κ1) is 19.4. The summed E-state index contributed by atoms with van der Waals surface area (Å²) in [4.78, 5) is 13.0. The summed E-state index contributed by atoms with van der Waals surface area (Å²) in [5.41, 5.74) is 2.68. The molecule has 1 aliphatic rings. The third kappa shape index (κ3) is 3.70. The normalized spacial score (nSPS) is 16.6. The minimum atomic E-state index is -3.63. The fraction of sp³-hybridized carbons (Fsp3) is 0.350. The lowest BCUT2D eigenvalue weighted by atomic mass is 9.99. The van der Waals surface area contributed by atoms with Gasteiger partial charge in [0.05, 0.1) is 17.5 Å². The highest BCUT2D eigenvalue weighted by Gasteiger charge is 2.26. The molecule has 27 heavy (non-hydrogen) atoms. The molecule has 3 rings (SSSR count). The van der Waals surface area contributed by atoms with Crippen LogP contribution >= 0.6 is 0 Å². The molecule has 0 fully saturated rings. The third-order valence-electron chi connectivity index (χ3n) is 4.90. The Morgan fingerprint density at radius 2 is 1.89 bits per heavy atom. The van der Waals surface area contributed by atoms with E-state index in [0.717, 1.165) is 21.2 Å². The van der Waals surface area contributed by atoms with Crippen molar-refractivity contribution in [3.63, 3.8) is 0 Å². The molecule has 144 valence electrons. The summed E-state index contributed by atoms with van der Waals surface area (Å²) in [6.45, 7) is 4.09. The van der Waals surface area contributed by atoms with Gasteiger partial charge in [0, 0.05) is 31.6 Å². The molecule has 2 aromatic carbocycles. The first-order valence-corrected chi connectivity index (χ1v) is 10.2. The Bertz CT molecular complexity index is 983. The molecule has 1 unspecified atom stereocenters. The molecule has 6 nitrogen and oxygen atoms in total. The van der Waals surface area contributed by atoms with E-state index in [1.807, 2.05) is 31.2 Å². The Labute approximate surface area is 160 Å². The maximum Gasteiger partial charge on any atom is 0.251 e. The van der Waals surface area contributed by atoms with Gasteiger partial charge >= 0.3 is 0 Å². The zero-order valence-electron chi connectivity index (χ0n) is 15.9. The zero-order valence-corrected chi connectivity index (χ0v) is 16.8. The van der Waals surface area contributed by atoms with Gasteiger partial charge < -0.3 is 10.1 Å². The molecular weight excluding hydrogens is 364 g/mol. The van der Waals surface area contributed by atoms with E-state index in [4.69, 9.17) is 4.74 Å². The van der Waals surface area contributed by atoms with Crippen LogP contribution in [0.4, 0.5) is 0 Å². The molecule has 1 heterocycles. The molecule has 1 amide bonds. The molecule has 7 heteroatoms. The van der Waals surface area contributed by atoms with Gasteiger partial charge in [-0.2, -0.15) is 0 Å². The fourth-order valence-corrected chi connectivity index (χ4v) is 4.37. The Balaban J connectivity index is 1.94. The number of hydrogen-bond donors (Lipinski definition) is 1. The van der Waals surface area contributed by atoms with Gasteiger partial charge in [0.15, 0.2) is 0 Å². The number of fused-ring (bicyclic) bond motifs is 1. The number of aryl methyl sites for hydroxylation is 1. The lowest BCUT2D eigenvalue weighted by Crippen LogP contribution is -2.32. The van der Waals surface area contributed by atoms with Gasteiger partial charge in [-0.25, -0.2) is 12.7 Å². The van der Waals surface area contributed by atoms with Crippen LogP contribution in [0.15, 0.2) is 41.3 Å². The second-order valence-electron chi connectivity index (χ2n) is 6.90. The van der Waals surface area contributed by atoms with Crippen molar-refractivity contribution in [1.29, 1.82) is 0 Å². The van der Waals surface area contributed by atoms with Gasteiger partial charge in [-0.1, -0.05) is 18.2 Å². The van der Waals surface area contributed by atoms with Crippen molar-refractivity contribution >= 4 is 15.9 Å². The predicted molar refractivity (Wildman–Crippen MR) is 104 cm³/mol. The summed E-state index contributed by atoms with van der Waals surface area (Å²) in [6.07, 6.45) is 0.663. The van der Waals surface area contributed by atoms with Crippen molar-refractivity contribution in [2.45, 2.75) is 31.2 Å². The second-order valence-corrected chi connectivity index (χ2v) is 9.02. The summed E-state index contributed by atoms with van der Waals surface area (Å²) in [6, 6.07) is 10.6. The molecule has 0 radical (unpaired) electrons. The molecule has 0 spiro atoms. The van der Waals surface area contributed by atoms with Crippen molar-refractivity contribution in [2.24, 2.45) is 0 Å². The molecule has 0 saturated heterocycles. The van der Waals surface area contributed by atoms with E-state index in [0.29, 0.717) is 24.2 Å². The van der Waals surface area contributed by atoms with Crippen LogP contribution in [-0.2, 0) is 10.0 Å². The van der Waals surface area contributed by atoms with Gasteiger partial charge in [0.25, 0.3) is 5.91 Å². The first-order valence-electron chi connectivity index (χ1n) is 8.78. The van der Waals surface area contributed by atoms with Crippen molar-refractivity contribution in [1.82, 2.24) is 9.62 Å². The van der Waals surface area contributed by atoms with Gasteiger partial charge in [0.2, 0.25) is 10.0 Å². The van der Waals surface area contributed by atoms with E-state index >= 15 is 0 Å². The average molecular weight is 388 g/mol. The Kier molecular flexibility index (Phi) is 5.26. The molecule has 0 aromatic heterocycles. The Morgan fingerprint density at radius 1 is 1.19 bits per heavy atom. The number of nitrogens with one attached hydrogen (secondary N) is 1. The highest BCUT2D eigenvalue weighted by atomic mass is 32.2. The second kappa shape index (κ2) is 7.32. The highest BCUT2D eigenvalue weighted by Crippen LogP contribution is 2.32. The predicted octanol–water partition coefficient (Wildman–Crippen LogP) is 2.81. The van der Waals surface area contributed by atoms with Crippen molar-refractivity contribution < 1.29 is 17.9 Å². The van der Waals surface area contributed by atoms with Crippen LogP contribution < -0.4 is 10.1 Å². The SMILES string of the molecule is Cc1cc(C(=O)NC2CCOc3ccccc32)cc(S(=O)(=O)N(C)C)c1C. The fourth-order valence-electron chi connectivity index (χ4n) is 3.16. The van der Waals surface area contributed by atoms with Crippen LogP contribution in [0, 0.1) is 13.8 Å². The number of hydrogen-bond acceptors (Lipinski definition) is 4. The maximum atomic E-state index is 12.9. The molecule has 0 aliphatic carbocycles. The first-order chi connectivity index (χ1) is 12.7. The Hall–Kier alpha value is -2.38. The summed E-state index contributed by atoms with van der Waals surface area (Å²) >= 11 is 0. The van der Waals surface area contributed by atoms with E-state index in [9.17, 15) is 13.2 Å². The third-order valence-corrected chi connectivity index (χ3v) is 6.85. The summed E-state index contributed by atoms with van der Waals surface area (Å²) < 4.78 is 32.0. The topological polar surface area (TPSA) is 75.7 Å². The van der Waals surface area contributed by atoms with Crippen LogP contribution in [0.3, 0.4) is 0 Å². The Morgan fingerprint density at radius 3 is 2.59 bits per heavy atom. The molecule has 1 aliphatic heterocycles. The summed E-state index contributed by atoms with van der Waals surface area (Å²) in [5, 5.41) is 3.02. The van der Waals surface area contributed by atoms with Gasteiger partial charge in [-0.15, -0.1) is 0 Å². The van der Waals surface area contributed by atoms with Crippen LogP contribution in [0.25, 0.3) is 0 Å². The standard InChI is InChI=1S/C20H24N2O4S/c1-13-11-15(12-19(14(13)2)27(24,25)22(3)4)20(23)21-17-9-10-26-18-8-6-5-7-16(17)18/h5-8,11-12,17H,9-10H2,1-4H3,(H,21,23). The number of nitrogens with zero attached hydrogens (tertiary/aromatic N) is 1. The minimum Gasteiger partial charge on any atom is -0.493 e. The van der Waals surface area contributed by atoms with Gasteiger partial charge in [-0.3, -0.25) is 4.79 Å². The van der Waals surface area contributed by atoms with Gasteiger partial charge in [0.1, 0.15) is 5.75 Å². The van der Waals surface area contributed by atoms with E-state index < -0.39 is 10.0 Å². The molecule has 0 saturated carbocycles. The number of amides is 1. The number of sulfonamides is 1. The zero-order chi connectivity index (χ0) is 19.8. The maximum absolute atomic E-state index is 12.9. The molecular formula is C20H24N2O4S. The van der Waals surface area contributed by atoms with Crippen LogP contribution in [0.1, 0.15) is 39.5 Å². The quantitative estimate of drug-likeness (QED) is 0.874. The van der Waals surface area contributed by atoms with E-state index in [-0.39, 0.29) is 16.8 Å². The lowest BCUT2D eigenvalue weighted by molar-refractivity contribution is 0.0924. The van der Waals surface area contributed by atoms with Crippen LogP contribution in [-0.4, -0.2) is 39.3 Å². The highest BCUT2D eigenvalue weighted by molar-refractivity contribution is 7.89. The van der Waals surface area contributed by atoms with Crippen molar-refractivity contribution in [2.75, 3.05) is 20.7 Å². The van der Waals surface area contributed by atoms with Crippen LogP contribution in [0.5, 0.6) is 5.75 Å². The monoisotopic (exact) mass is 388 g/mol. The van der Waals surface area contributed by atoms with Crippen molar-refractivity contribution in [3.05, 3.63) is 58.7 Å².